The van der Waals surface area contributed by atoms with Crippen molar-refractivity contribution in [3.8, 4) is 11.5 Å². The second-order valence-electron chi connectivity index (χ2n) is 15.9. The van der Waals surface area contributed by atoms with Crippen LogP contribution < -0.4 is 9.47 Å². The Bertz CT molecular complexity index is 1780. The number of rotatable bonds is 7. The molecule has 0 spiro atoms. The zero-order chi connectivity index (χ0) is 33.8. The molecule has 0 amide bonds. The fraction of sp³-hybridized carbons (Fsp3) is 0.476. The third kappa shape index (κ3) is 6.08. The van der Waals surface area contributed by atoms with Crippen molar-refractivity contribution in [1.29, 1.82) is 0 Å². The van der Waals surface area contributed by atoms with Crippen LogP contribution >= 0.6 is 11.6 Å². The first-order valence-electron chi connectivity index (χ1n) is 17.8. The number of ketones is 2. The molecule has 0 unspecified atom stereocenters. The topological polar surface area (TPSA) is 55.8 Å². The first kappa shape index (κ1) is 33.0. The van der Waals surface area contributed by atoms with Gasteiger partial charge in [0, 0.05) is 47.3 Å². The maximum Gasteiger partial charge on any atom is 0.180 e. The Kier molecular flexibility index (Phi) is 8.73. The number of hydrogen-bond donors (Lipinski definition) is 0. The van der Waals surface area contributed by atoms with Crippen LogP contribution in [0.2, 0.25) is 5.02 Å². The van der Waals surface area contributed by atoms with Crippen molar-refractivity contribution in [2.24, 2.45) is 10.8 Å². The number of nitrogens with zero attached hydrogens (tertiary/aromatic N) is 1. The molecule has 252 valence electrons. The second-order valence-corrected chi connectivity index (χ2v) is 16.3. The van der Waals surface area contributed by atoms with E-state index in [1.54, 1.807) is 0 Å². The van der Waals surface area contributed by atoms with E-state index < -0.39 is 5.92 Å². The van der Waals surface area contributed by atoms with Gasteiger partial charge in [0.25, 0.3) is 0 Å². The Morgan fingerprint density at radius 2 is 1.42 bits per heavy atom. The predicted octanol–water partition coefficient (Wildman–Crippen LogP) is 10.5. The molecule has 1 aliphatic heterocycles. The molecule has 3 aliphatic carbocycles. The van der Waals surface area contributed by atoms with Gasteiger partial charge in [0.05, 0.1) is 11.6 Å². The molecule has 0 aromatic heterocycles. The van der Waals surface area contributed by atoms with E-state index in [9.17, 15) is 9.59 Å². The van der Waals surface area contributed by atoms with Crippen LogP contribution in [0, 0.1) is 10.8 Å². The molecule has 0 N–H and O–H groups in total. The largest absolute Gasteiger partial charge is 0.490 e. The van der Waals surface area contributed by atoms with Crippen molar-refractivity contribution >= 4 is 33.9 Å². The third-order valence-electron chi connectivity index (χ3n) is 10.8. The SMILES string of the molecule is CCOc1cc(C2C3=C(CC(C)(C)CC3=O)N(C3CCCCC3)C3=C2C(=O)CC(C)(C)C3)cc(Cl)c1OCc1cccc2ccccc12. The number of Topliss-reactive ketones (excluding diaryl/α,β-unsaturated/α-hetero) is 2. The summed E-state index contributed by atoms with van der Waals surface area (Å²) < 4.78 is 12.7. The lowest BCUT2D eigenvalue weighted by Gasteiger charge is -2.52. The summed E-state index contributed by atoms with van der Waals surface area (Å²) in [5, 5.41) is 2.70. The van der Waals surface area contributed by atoms with Crippen molar-refractivity contribution in [3.63, 3.8) is 0 Å². The molecular formula is C42H48ClNO4. The highest BCUT2D eigenvalue weighted by molar-refractivity contribution is 6.32. The van der Waals surface area contributed by atoms with Gasteiger partial charge in [-0.2, -0.15) is 0 Å². The highest BCUT2D eigenvalue weighted by atomic mass is 35.5. The smallest absolute Gasteiger partial charge is 0.180 e. The monoisotopic (exact) mass is 665 g/mol. The van der Waals surface area contributed by atoms with Gasteiger partial charge in [-0.25, -0.2) is 0 Å². The second kappa shape index (κ2) is 12.7. The Balaban J connectivity index is 1.36. The molecule has 7 rings (SSSR count). The average molecular weight is 666 g/mol. The van der Waals surface area contributed by atoms with Gasteiger partial charge in [0.1, 0.15) is 6.61 Å². The lowest BCUT2D eigenvalue weighted by Crippen LogP contribution is -2.48. The molecule has 0 saturated heterocycles. The van der Waals surface area contributed by atoms with Gasteiger partial charge in [-0.1, -0.05) is 101 Å². The van der Waals surface area contributed by atoms with Crippen molar-refractivity contribution in [2.75, 3.05) is 6.61 Å². The average Bonchev–Trinajstić information content (AvgIpc) is 3.03. The summed E-state index contributed by atoms with van der Waals surface area (Å²) in [6.45, 7) is 11.5. The van der Waals surface area contributed by atoms with Crippen molar-refractivity contribution in [1.82, 2.24) is 4.90 Å². The van der Waals surface area contributed by atoms with Crippen LogP contribution in [-0.2, 0) is 16.2 Å². The Morgan fingerprint density at radius 1 is 0.792 bits per heavy atom. The first-order valence-corrected chi connectivity index (χ1v) is 18.2. The number of allylic oxidation sites excluding steroid dienone is 4. The molecule has 1 heterocycles. The normalized spacial score (nSPS) is 21.4. The van der Waals surface area contributed by atoms with Crippen LogP contribution in [0.25, 0.3) is 10.8 Å². The summed E-state index contributed by atoms with van der Waals surface area (Å²) in [7, 11) is 0. The molecule has 4 aliphatic rings. The third-order valence-corrected chi connectivity index (χ3v) is 11.1. The summed E-state index contributed by atoms with van der Waals surface area (Å²) in [5.74, 6) is 0.811. The van der Waals surface area contributed by atoms with Gasteiger partial charge >= 0.3 is 0 Å². The zero-order valence-electron chi connectivity index (χ0n) is 29.1. The Morgan fingerprint density at radius 3 is 2.06 bits per heavy atom. The van der Waals surface area contributed by atoms with E-state index in [-0.39, 0.29) is 22.4 Å². The quantitative estimate of drug-likeness (QED) is 0.251. The molecule has 6 heteroatoms. The molecular weight excluding hydrogens is 618 g/mol. The molecule has 5 nitrogen and oxygen atoms in total. The molecule has 0 bridgehead atoms. The van der Waals surface area contributed by atoms with Crippen LogP contribution in [0.1, 0.15) is 109 Å². The van der Waals surface area contributed by atoms with E-state index in [1.165, 1.54) is 19.3 Å². The molecule has 1 saturated carbocycles. The minimum atomic E-state index is -0.481. The lowest BCUT2D eigenvalue weighted by molar-refractivity contribution is -0.119. The number of fused-ring (bicyclic) bond motifs is 1. The predicted molar refractivity (Wildman–Crippen MR) is 192 cm³/mol. The summed E-state index contributed by atoms with van der Waals surface area (Å²) >= 11 is 7.12. The fourth-order valence-electron chi connectivity index (χ4n) is 8.84. The van der Waals surface area contributed by atoms with Crippen molar-refractivity contribution in [3.05, 3.63) is 93.3 Å². The van der Waals surface area contributed by atoms with Crippen LogP contribution in [0.5, 0.6) is 11.5 Å². The standard InChI is InChI=1S/C42H48ClNO4/c1-6-47-36-20-28(19-31(43)40(36)48-25-27-15-12-14-26-13-10-11-18-30(26)27)37-38-32(21-41(2,3)23-34(38)45)44(29-16-8-7-9-17-29)33-22-42(4,5)24-35(46)39(33)37/h10-15,18-20,29,37H,6-9,16-17,21-25H2,1-5H3. The van der Waals surface area contributed by atoms with Gasteiger partial charge in [-0.15, -0.1) is 0 Å². The fourth-order valence-corrected chi connectivity index (χ4v) is 9.11. The van der Waals surface area contributed by atoms with Gasteiger partial charge in [0.15, 0.2) is 23.1 Å². The van der Waals surface area contributed by atoms with Gasteiger partial charge in [0.2, 0.25) is 0 Å². The molecule has 48 heavy (non-hydrogen) atoms. The molecule has 0 atom stereocenters. The van der Waals surface area contributed by atoms with Crippen LogP contribution in [0.15, 0.2) is 77.1 Å². The van der Waals surface area contributed by atoms with E-state index in [1.807, 2.05) is 37.3 Å². The first-order chi connectivity index (χ1) is 23.0. The minimum Gasteiger partial charge on any atom is -0.490 e. The highest BCUT2D eigenvalue weighted by Gasteiger charge is 2.50. The highest BCUT2D eigenvalue weighted by Crippen LogP contribution is 2.56. The number of halogens is 1. The van der Waals surface area contributed by atoms with Gasteiger partial charge in [-0.05, 0) is 77.5 Å². The van der Waals surface area contributed by atoms with E-state index >= 15 is 0 Å². The lowest BCUT2D eigenvalue weighted by atomic mass is 9.63. The maximum absolute atomic E-state index is 14.4. The van der Waals surface area contributed by atoms with Crippen LogP contribution in [0.3, 0.4) is 0 Å². The number of carbonyl (C=O) groups excluding carboxylic acids is 2. The number of benzene rings is 3. The van der Waals surface area contributed by atoms with E-state index in [0.29, 0.717) is 48.6 Å². The van der Waals surface area contributed by atoms with Crippen molar-refractivity contribution in [2.45, 2.75) is 111 Å². The minimum absolute atomic E-state index is 0.140. The summed E-state index contributed by atoms with van der Waals surface area (Å²) in [6.07, 6.45) is 8.32. The van der Waals surface area contributed by atoms with Gasteiger partial charge in [-0.3, -0.25) is 9.59 Å². The summed E-state index contributed by atoms with van der Waals surface area (Å²) in [5.41, 5.74) is 5.39. The van der Waals surface area contributed by atoms with Crippen molar-refractivity contribution < 1.29 is 19.1 Å². The number of ether oxygens (including phenoxy) is 2. The number of hydrogen-bond acceptors (Lipinski definition) is 5. The molecule has 1 fully saturated rings. The Hall–Kier alpha value is -3.57. The molecule has 3 aromatic carbocycles. The Labute approximate surface area is 290 Å². The van der Waals surface area contributed by atoms with Crippen LogP contribution in [0.4, 0.5) is 0 Å². The summed E-state index contributed by atoms with van der Waals surface area (Å²) in [6, 6.07) is 18.7. The van der Waals surface area contributed by atoms with Gasteiger partial charge < -0.3 is 14.4 Å². The van der Waals surface area contributed by atoms with Crippen LogP contribution in [-0.4, -0.2) is 29.1 Å². The number of carbonyl (C=O) groups is 2. The van der Waals surface area contributed by atoms with E-state index in [4.69, 9.17) is 21.1 Å². The molecule has 3 aromatic rings. The summed E-state index contributed by atoms with van der Waals surface area (Å²) in [4.78, 5) is 31.3. The van der Waals surface area contributed by atoms with E-state index in [0.717, 1.165) is 70.1 Å². The zero-order valence-corrected chi connectivity index (χ0v) is 29.8. The maximum atomic E-state index is 14.4. The molecule has 0 radical (unpaired) electrons. The van der Waals surface area contributed by atoms with E-state index in [2.05, 4.69) is 56.9 Å².